The van der Waals surface area contributed by atoms with Gasteiger partial charge in [-0.3, -0.25) is 14.2 Å². The lowest BCUT2D eigenvalue weighted by Gasteiger charge is -2.49. The number of hydrogen-bond acceptors (Lipinski definition) is 6. The van der Waals surface area contributed by atoms with E-state index in [1.807, 2.05) is 41.0 Å². The zero-order chi connectivity index (χ0) is 26.3. The fourth-order valence-corrected chi connectivity index (χ4v) is 6.20. The lowest BCUT2D eigenvalue weighted by atomic mass is 9.77. The first-order valence-corrected chi connectivity index (χ1v) is 13.0. The summed E-state index contributed by atoms with van der Waals surface area (Å²) in [6.07, 6.45) is 0.747. The predicted molar refractivity (Wildman–Crippen MR) is 136 cm³/mol. The number of para-hydroxylation sites is 1. The Morgan fingerprint density at radius 3 is 2.54 bits per heavy atom. The second-order valence-corrected chi connectivity index (χ2v) is 11.1. The summed E-state index contributed by atoms with van der Waals surface area (Å²) in [5.74, 6) is -1.19. The summed E-state index contributed by atoms with van der Waals surface area (Å²) in [7, 11) is 0. The third kappa shape index (κ3) is 5.19. The highest BCUT2D eigenvalue weighted by Gasteiger charge is 2.49. The van der Waals surface area contributed by atoms with Gasteiger partial charge in [-0.05, 0) is 31.9 Å². The highest BCUT2D eigenvalue weighted by molar-refractivity contribution is 5.61. The molecule has 3 unspecified atom stereocenters. The summed E-state index contributed by atoms with van der Waals surface area (Å²) in [5, 5.41) is 23.9. The standard InChI is InChI=1S/C28H36F3N3O3/c1-17-9-21-20-5-3-4-6-24(20)32-26(21)27(34(17)15-28(2,36)16-35)25-22(30)10-19(11-23(25)31)37-8-7-33-13-18(12-29)14-33/h3-6,10-11,17-18,21,26-27,32,35-36H,7-9,12-16H2,1-2H3/t17-,21?,26?,27-,28?/m1/s1. The number of alkyl halides is 1. The number of anilines is 1. The summed E-state index contributed by atoms with van der Waals surface area (Å²) < 4.78 is 49.7. The highest BCUT2D eigenvalue weighted by atomic mass is 19.1. The summed E-state index contributed by atoms with van der Waals surface area (Å²) in [5.41, 5.74) is 0.571. The van der Waals surface area contributed by atoms with E-state index in [1.165, 1.54) is 19.1 Å². The maximum Gasteiger partial charge on any atom is 0.134 e. The van der Waals surface area contributed by atoms with Crippen LogP contribution in [-0.2, 0) is 0 Å². The van der Waals surface area contributed by atoms with Crippen LogP contribution < -0.4 is 10.1 Å². The average Bonchev–Trinajstić information content (AvgIpc) is 3.20. The molecule has 9 heteroatoms. The van der Waals surface area contributed by atoms with Crippen LogP contribution in [0.2, 0.25) is 0 Å². The van der Waals surface area contributed by atoms with Crippen LogP contribution >= 0.6 is 0 Å². The number of aliphatic hydroxyl groups is 2. The third-order valence-corrected chi connectivity index (χ3v) is 8.11. The molecule has 0 spiro atoms. The van der Waals surface area contributed by atoms with Crippen molar-refractivity contribution in [1.29, 1.82) is 0 Å². The molecule has 2 aromatic rings. The number of likely N-dealkylation sites (tertiary alicyclic amines) is 2. The first-order valence-electron chi connectivity index (χ1n) is 13.0. The van der Waals surface area contributed by atoms with Crippen molar-refractivity contribution in [2.45, 2.75) is 49.9 Å². The molecule has 3 aliphatic heterocycles. The van der Waals surface area contributed by atoms with Gasteiger partial charge >= 0.3 is 0 Å². The summed E-state index contributed by atoms with van der Waals surface area (Å²) in [4.78, 5) is 3.95. The van der Waals surface area contributed by atoms with Gasteiger partial charge in [0.1, 0.15) is 24.0 Å². The van der Waals surface area contributed by atoms with Crippen LogP contribution in [0, 0.1) is 17.6 Å². The van der Waals surface area contributed by atoms with Gasteiger partial charge in [0.05, 0.1) is 31.0 Å². The van der Waals surface area contributed by atoms with Crippen molar-refractivity contribution in [3.8, 4) is 5.75 Å². The van der Waals surface area contributed by atoms with E-state index in [1.54, 1.807) is 0 Å². The van der Waals surface area contributed by atoms with Gasteiger partial charge in [-0.15, -0.1) is 0 Å². The number of ether oxygens (including phenoxy) is 1. The van der Waals surface area contributed by atoms with Gasteiger partial charge in [0.15, 0.2) is 0 Å². The molecule has 3 aliphatic rings. The van der Waals surface area contributed by atoms with Crippen LogP contribution in [0.25, 0.3) is 0 Å². The molecule has 0 aliphatic carbocycles. The van der Waals surface area contributed by atoms with Crippen molar-refractivity contribution in [2.24, 2.45) is 5.92 Å². The Bertz CT molecular complexity index is 1090. The van der Waals surface area contributed by atoms with E-state index in [9.17, 15) is 14.6 Å². The second kappa shape index (κ2) is 10.4. The molecule has 0 radical (unpaired) electrons. The molecule has 5 rings (SSSR count). The van der Waals surface area contributed by atoms with Gasteiger partial charge in [0, 0.05) is 67.4 Å². The smallest absolute Gasteiger partial charge is 0.134 e. The van der Waals surface area contributed by atoms with E-state index in [-0.39, 0.29) is 55.1 Å². The lowest BCUT2D eigenvalue weighted by Crippen LogP contribution is -2.56. The van der Waals surface area contributed by atoms with Crippen LogP contribution in [-0.4, -0.2) is 83.8 Å². The Morgan fingerprint density at radius 2 is 1.86 bits per heavy atom. The van der Waals surface area contributed by atoms with Crippen LogP contribution in [0.4, 0.5) is 18.9 Å². The number of nitrogens with one attached hydrogen (secondary N) is 1. The first kappa shape index (κ1) is 26.3. The fourth-order valence-electron chi connectivity index (χ4n) is 6.20. The molecular formula is C28H36F3N3O3. The molecule has 0 saturated carbocycles. The van der Waals surface area contributed by atoms with Gasteiger partial charge in [-0.2, -0.15) is 0 Å². The van der Waals surface area contributed by atoms with Gasteiger partial charge in [-0.25, -0.2) is 8.78 Å². The quantitative estimate of drug-likeness (QED) is 0.470. The van der Waals surface area contributed by atoms with Crippen molar-refractivity contribution < 1.29 is 28.1 Å². The van der Waals surface area contributed by atoms with E-state index >= 15 is 8.78 Å². The fraction of sp³-hybridized carbons (Fsp3) is 0.571. The Labute approximate surface area is 216 Å². The molecular weight excluding hydrogens is 483 g/mol. The van der Waals surface area contributed by atoms with Crippen molar-refractivity contribution in [3.63, 3.8) is 0 Å². The minimum Gasteiger partial charge on any atom is -0.492 e. The third-order valence-electron chi connectivity index (χ3n) is 8.11. The molecule has 3 N–H and O–H groups in total. The molecule has 2 aromatic carbocycles. The van der Waals surface area contributed by atoms with E-state index in [0.717, 1.165) is 17.7 Å². The molecule has 5 atom stereocenters. The Hall–Kier alpha value is -2.33. The predicted octanol–water partition coefficient (Wildman–Crippen LogP) is 3.70. The molecule has 2 saturated heterocycles. The minimum atomic E-state index is -1.43. The number of nitrogens with zero attached hydrogens (tertiary/aromatic N) is 2. The maximum atomic E-state index is 15.7. The van der Waals surface area contributed by atoms with Gasteiger partial charge in [-0.1, -0.05) is 18.2 Å². The number of rotatable bonds is 9. The number of halogens is 3. The van der Waals surface area contributed by atoms with Crippen LogP contribution in [0.3, 0.4) is 0 Å². The number of benzene rings is 2. The second-order valence-electron chi connectivity index (χ2n) is 11.1. The zero-order valence-corrected chi connectivity index (χ0v) is 21.3. The van der Waals surface area contributed by atoms with E-state index in [0.29, 0.717) is 19.6 Å². The molecule has 6 nitrogen and oxygen atoms in total. The minimum absolute atomic E-state index is 0.0472. The largest absolute Gasteiger partial charge is 0.492 e. The molecule has 2 fully saturated rings. The van der Waals surface area contributed by atoms with Crippen LogP contribution in [0.1, 0.15) is 43.4 Å². The summed E-state index contributed by atoms with van der Waals surface area (Å²) in [6.45, 7) is 4.95. The molecule has 0 aromatic heterocycles. The van der Waals surface area contributed by atoms with Crippen LogP contribution in [0.15, 0.2) is 36.4 Å². The topological polar surface area (TPSA) is 68.2 Å². The molecule has 0 bridgehead atoms. The average molecular weight is 520 g/mol. The van der Waals surface area contributed by atoms with Gasteiger partial charge in [0.25, 0.3) is 0 Å². The van der Waals surface area contributed by atoms with E-state index < -0.39 is 29.9 Å². The number of β-amino-alcohol motifs (C(OH)–C–C–N with tert-alkyl or cyclic N) is 1. The Kier molecular flexibility index (Phi) is 7.42. The summed E-state index contributed by atoms with van der Waals surface area (Å²) in [6, 6.07) is 9.24. The normalized spacial score (nSPS) is 27.6. The molecule has 202 valence electrons. The number of hydrogen-bond donors (Lipinski definition) is 3. The Balaban J connectivity index is 1.42. The van der Waals surface area contributed by atoms with E-state index in [2.05, 4.69) is 5.32 Å². The lowest BCUT2D eigenvalue weighted by molar-refractivity contribution is -0.0584. The van der Waals surface area contributed by atoms with Crippen molar-refractivity contribution in [3.05, 3.63) is 59.2 Å². The number of aliphatic hydroxyl groups excluding tert-OH is 1. The molecule has 3 heterocycles. The SMILES string of the molecule is C[C@@H]1CC2c3ccccc3NC2[C@@H](c2c(F)cc(OCCN3CC(CF)C3)cc2F)N1CC(C)(O)CO. The Morgan fingerprint density at radius 1 is 1.16 bits per heavy atom. The van der Waals surface area contributed by atoms with Gasteiger partial charge in [0.2, 0.25) is 0 Å². The van der Waals surface area contributed by atoms with E-state index in [4.69, 9.17) is 4.74 Å². The summed E-state index contributed by atoms with van der Waals surface area (Å²) >= 11 is 0. The zero-order valence-electron chi connectivity index (χ0n) is 21.3. The van der Waals surface area contributed by atoms with Crippen molar-refractivity contribution in [2.75, 3.05) is 51.4 Å². The first-order chi connectivity index (χ1) is 17.7. The van der Waals surface area contributed by atoms with Crippen LogP contribution in [0.5, 0.6) is 5.75 Å². The maximum absolute atomic E-state index is 15.7. The van der Waals surface area contributed by atoms with Crippen molar-refractivity contribution >= 4 is 5.69 Å². The highest BCUT2D eigenvalue weighted by Crippen LogP contribution is 2.51. The number of fused-ring (bicyclic) bond motifs is 3. The van der Waals surface area contributed by atoms with Gasteiger partial charge < -0.3 is 20.3 Å². The number of piperidine rings is 1. The van der Waals surface area contributed by atoms with Crippen molar-refractivity contribution in [1.82, 2.24) is 9.80 Å². The molecule has 0 amide bonds. The monoisotopic (exact) mass is 519 g/mol. The molecule has 37 heavy (non-hydrogen) atoms.